The van der Waals surface area contributed by atoms with Crippen LogP contribution in [0.25, 0.3) is 0 Å². The zero-order chi connectivity index (χ0) is 15.2. The molecule has 8 heteroatoms. The maximum Gasteiger partial charge on any atom is 0.226 e. The molecule has 124 valence electrons. The van der Waals surface area contributed by atoms with E-state index < -0.39 is 0 Å². The SMILES string of the molecule is COc1cc(NC(=O)CC2COCCN2)c(OC)cc1Cl.Cl. The largest absolute Gasteiger partial charge is 0.495 e. The number of ether oxygens (including phenoxy) is 3. The predicted octanol–water partition coefficient (Wildman–Crippen LogP) is 2.10. The molecule has 1 unspecified atom stereocenters. The molecule has 0 aliphatic carbocycles. The van der Waals surface area contributed by atoms with Crippen molar-refractivity contribution in [1.82, 2.24) is 5.32 Å². The van der Waals surface area contributed by atoms with E-state index in [9.17, 15) is 4.79 Å². The molecule has 0 spiro atoms. The second kappa shape index (κ2) is 9.05. The first-order valence-corrected chi connectivity index (χ1v) is 7.04. The molecule has 1 saturated heterocycles. The van der Waals surface area contributed by atoms with Crippen molar-refractivity contribution in [2.75, 3.05) is 39.3 Å². The molecule has 1 heterocycles. The van der Waals surface area contributed by atoms with E-state index in [2.05, 4.69) is 10.6 Å². The fourth-order valence-corrected chi connectivity index (χ4v) is 2.36. The number of methoxy groups -OCH3 is 2. The number of nitrogens with one attached hydrogen (secondary N) is 2. The van der Waals surface area contributed by atoms with E-state index in [0.717, 1.165) is 6.54 Å². The third-order valence-electron chi connectivity index (χ3n) is 3.18. The predicted molar refractivity (Wildman–Crippen MR) is 87.7 cm³/mol. The first kappa shape index (κ1) is 18.8. The summed E-state index contributed by atoms with van der Waals surface area (Å²) in [7, 11) is 3.03. The minimum atomic E-state index is -0.124. The number of rotatable bonds is 5. The second-order valence-electron chi connectivity index (χ2n) is 4.67. The van der Waals surface area contributed by atoms with E-state index in [-0.39, 0.29) is 24.4 Å². The lowest BCUT2D eigenvalue weighted by Gasteiger charge is -2.23. The van der Waals surface area contributed by atoms with E-state index in [1.54, 1.807) is 12.1 Å². The molecule has 2 N–H and O–H groups in total. The summed E-state index contributed by atoms with van der Waals surface area (Å²) in [4.78, 5) is 12.1. The van der Waals surface area contributed by atoms with Gasteiger partial charge in [-0.25, -0.2) is 0 Å². The summed E-state index contributed by atoms with van der Waals surface area (Å²) in [6.07, 6.45) is 0.327. The molecule has 0 radical (unpaired) electrons. The van der Waals surface area contributed by atoms with Crippen LogP contribution in [0.5, 0.6) is 11.5 Å². The zero-order valence-corrected chi connectivity index (χ0v) is 14.1. The van der Waals surface area contributed by atoms with Gasteiger partial charge in [-0.15, -0.1) is 12.4 Å². The molecule has 1 fully saturated rings. The summed E-state index contributed by atoms with van der Waals surface area (Å²) in [5.41, 5.74) is 0.528. The molecule has 0 saturated carbocycles. The number of morpholine rings is 1. The lowest BCUT2D eigenvalue weighted by molar-refractivity contribution is -0.117. The molecule has 1 aliphatic heterocycles. The molecule has 2 rings (SSSR count). The van der Waals surface area contributed by atoms with Crippen LogP contribution in [0, 0.1) is 0 Å². The van der Waals surface area contributed by atoms with E-state index in [1.165, 1.54) is 14.2 Å². The normalized spacial score (nSPS) is 17.3. The molecule has 1 aliphatic rings. The molecular formula is C14H20Cl2N2O4. The van der Waals surface area contributed by atoms with Gasteiger partial charge in [0.2, 0.25) is 5.91 Å². The minimum absolute atomic E-state index is 0. The van der Waals surface area contributed by atoms with Crippen molar-refractivity contribution >= 4 is 35.6 Å². The van der Waals surface area contributed by atoms with E-state index >= 15 is 0 Å². The quantitative estimate of drug-likeness (QED) is 0.850. The topological polar surface area (TPSA) is 68.8 Å². The van der Waals surface area contributed by atoms with Crippen molar-refractivity contribution in [2.45, 2.75) is 12.5 Å². The lowest BCUT2D eigenvalue weighted by Crippen LogP contribution is -2.43. The van der Waals surface area contributed by atoms with Crippen LogP contribution in [0.15, 0.2) is 12.1 Å². The highest BCUT2D eigenvalue weighted by molar-refractivity contribution is 6.32. The average molecular weight is 351 g/mol. The molecule has 22 heavy (non-hydrogen) atoms. The van der Waals surface area contributed by atoms with Gasteiger partial charge in [-0.3, -0.25) is 4.79 Å². The van der Waals surface area contributed by atoms with Gasteiger partial charge in [0.05, 0.1) is 38.1 Å². The van der Waals surface area contributed by atoms with Crippen molar-refractivity contribution in [3.05, 3.63) is 17.2 Å². The number of anilines is 1. The summed E-state index contributed by atoms with van der Waals surface area (Å²) < 4.78 is 15.7. The Labute approximate surface area is 140 Å². The summed E-state index contributed by atoms with van der Waals surface area (Å²) >= 11 is 6.03. The molecule has 0 aromatic heterocycles. The Bertz CT molecular complexity index is 508. The zero-order valence-electron chi connectivity index (χ0n) is 12.5. The van der Waals surface area contributed by atoms with Crippen molar-refractivity contribution < 1.29 is 19.0 Å². The van der Waals surface area contributed by atoms with E-state index in [1.807, 2.05) is 0 Å². The molecule has 1 aromatic rings. The van der Waals surface area contributed by atoms with Crippen LogP contribution < -0.4 is 20.1 Å². The van der Waals surface area contributed by atoms with Crippen LogP contribution in [-0.4, -0.2) is 45.9 Å². The first-order valence-electron chi connectivity index (χ1n) is 6.66. The van der Waals surface area contributed by atoms with Crippen LogP contribution in [0.2, 0.25) is 5.02 Å². The molecule has 0 bridgehead atoms. The summed E-state index contributed by atoms with van der Waals surface area (Å²) in [5.74, 6) is 0.842. The van der Waals surface area contributed by atoms with Gasteiger partial charge in [0.15, 0.2) is 0 Å². The summed E-state index contributed by atoms with van der Waals surface area (Å²) in [6, 6.07) is 3.28. The minimum Gasteiger partial charge on any atom is -0.495 e. The maximum absolute atomic E-state index is 12.1. The van der Waals surface area contributed by atoms with Crippen molar-refractivity contribution in [3.8, 4) is 11.5 Å². The van der Waals surface area contributed by atoms with Gasteiger partial charge in [0.25, 0.3) is 0 Å². The van der Waals surface area contributed by atoms with Crippen LogP contribution in [0.1, 0.15) is 6.42 Å². The molecule has 1 atom stereocenters. The van der Waals surface area contributed by atoms with Crippen LogP contribution in [-0.2, 0) is 9.53 Å². The number of amides is 1. The third kappa shape index (κ3) is 4.91. The Balaban J connectivity index is 0.00000242. The van der Waals surface area contributed by atoms with E-state index in [4.69, 9.17) is 25.8 Å². The molecule has 6 nitrogen and oxygen atoms in total. The highest BCUT2D eigenvalue weighted by Crippen LogP contribution is 2.35. The smallest absolute Gasteiger partial charge is 0.226 e. The standard InChI is InChI=1S/C14H19ClN2O4.ClH/c1-19-12-7-11(13(20-2)6-10(12)15)17-14(18)5-9-8-21-4-3-16-9;/h6-7,9,16H,3-5,8H2,1-2H3,(H,17,18);1H. The number of hydrogen-bond acceptors (Lipinski definition) is 5. The van der Waals surface area contributed by atoms with E-state index in [0.29, 0.717) is 41.8 Å². The van der Waals surface area contributed by atoms with Crippen molar-refractivity contribution in [1.29, 1.82) is 0 Å². The fourth-order valence-electron chi connectivity index (χ4n) is 2.13. The van der Waals surface area contributed by atoms with Crippen molar-refractivity contribution in [2.24, 2.45) is 0 Å². The third-order valence-corrected chi connectivity index (χ3v) is 3.47. The average Bonchev–Trinajstić information content (AvgIpc) is 2.49. The molecular weight excluding hydrogens is 331 g/mol. The van der Waals surface area contributed by atoms with Crippen LogP contribution in [0.4, 0.5) is 5.69 Å². The number of hydrogen-bond donors (Lipinski definition) is 2. The van der Waals surface area contributed by atoms with Crippen LogP contribution >= 0.6 is 24.0 Å². The highest BCUT2D eigenvalue weighted by Gasteiger charge is 2.18. The monoisotopic (exact) mass is 350 g/mol. The Kier molecular flexibility index (Phi) is 7.75. The number of carbonyl (C=O) groups excluding carboxylic acids is 1. The van der Waals surface area contributed by atoms with Gasteiger partial charge in [-0.1, -0.05) is 11.6 Å². The summed E-state index contributed by atoms with van der Waals surface area (Å²) in [6.45, 7) is 1.98. The number of carbonyl (C=O) groups is 1. The van der Waals surface area contributed by atoms with Crippen molar-refractivity contribution in [3.63, 3.8) is 0 Å². The van der Waals surface area contributed by atoms with Gasteiger partial charge < -0.3 is 24.8 Å². The highest BCUT2D eigenvalue weighted by atomic mass is 35.5. The second-order valence-corrected chi connectivity index (χ2v) is 5.07. The number of benzene rings is 1. The van der Waals surface area contributed by atoms with Gasteiger partial charge in [0, 0.05) is 31.1 Å². The van der Waals surface area contributed by atoms with Crippen LogP contribution in [0.3, 0.4) is 0 Å². The maximum atomic E-state index is 12.1. The lowest BCUT2D eigenvalue weighted by atomic mass is 10.2. The van der Waals surface area contributed by atoms with Gasteiger partial charge in [0.1, 0.15) is 11.5 Å². The van der Waals surface area contributed by atoms with Gasteiger partial charge in [-0.05, 0) is 0 Å². The van der Waals surface area contributed by atoms with Gasteiger partial charge >= 0.3 is 0 Å². The Morgan fingerprint density at radius 1 is 1.41 bits per heavy atom. The Hall–Kier alpha value is -1.21. The fraction of sp³-hybridized carbons (Fsp3) is 0.500. The first-order chi connectivity index (χ1) is 10.1. The molecule has 1 amide bonds. The molecule has 1 aromatic carbocycles. The Morgan fingerprint density at radius 2 is 2.14 bits per heavy atom. The Morgan fingerprint density at radius 3 is 2.73 bits per heavy atom. The summed E-state index contributed by atoms with van der Waals surface area (Å²) in [5, 5.41) is 6.47. The van der Waals surface area contributed by atoms with Gasteiger partial charge in [-0.2, -0.15) is 0 Å². The number of halogens is 2.